The Labute approximate surface area is 91.5 Å². The smallest absolute Gasteiger partial charge is 0.305 e. The second-order valence-corrected chi connectivity index (χ2v) is 4.00. The van der Waals surface area contributed by atoms with E-state index in [1.165, 1.54) is 7.11 Å². The Morgan fingerprint density at radius 1 is 1.47 bits per heavy atom. The average Bonchev–Trinajstić information content (AvgIpc) is 2.29. The number of esters is 1. The predicted molar refractivity (Wildman–Crippen MR) is 57.7 cm³/mol. The Morgan fingerprint density at radius 3 is 2.73 bits per heavy atom. The van der Waals surface area contributed by atoms with Crippen molar-refractivity contribution >= 4 is 5.97 Å². The van der Waals surface area contributed by atoms with E-state index in [-0.39, 0.29) is 5.97 Å². The van der Waals surface area contributed by atoms with Crippen LogP contribution in [0, 0.1) is 0 Å². The highest BCUT2D eigenvalue weighted by molar-refractivity contribution is 5.69. The summed E-state index contributed by atoms with van der Waals surface area (Å²) >= 11 is 0. The van der Waals surface area contributed by atoms with E-state index in [1.54, 1.807) is 0 Å². The standard InChI is InChI=1S/C11H21NO3/c1-12(7-3-4-11(13)14-2)10-5-8-15-9-6-10/h10H,3-9H2,1-2H3. The van der Waals surface area contributed by atoms with Crippen LogP contribution in [-0.4, -0.2) is 50.8 Å². The van der Waals surface area contributed by atoms with Crippen molar-refractivity contribution in [2.75, 3.05) is 33.9 Å². The molecule has 0 N–H and O–H groups in total. The molecule has 1 heterocycles. The highest BCUT2D eigenvalue weighted by Crippen LogP contribution is 2.13. The molecular weight excluding hydrogens is 194 g/mol. The normalized spacial score (nSPS) is 18.1. The van der Waals surface area contributed by atoms with E-state index < -0.39 is 0 Å². The first kappa shape index (κ1) is 12.5. The third kappa shape index (κ3) is 4.62. The van der Waals surface area contributed by atoms with Crippen molar-refractivity contribution in [2.45, 2.75) is 31.7 Å². The molecular formula is C11H21NO3. The maximum Gasteiger partial charge on any atom is 0.305 e. The lowest BCUT2D eigenvalue weighted by atomic mass is 10.1. The minimum Gasteiger partial charge on any atom is -0.469 e. The number of rotatable bonds is 5. The minimum absolute atomic E-state index is 0.115. The molecule has 1 aliphatic rings. The number of hydrogen-bond acceptors (Lipinski definition) is 4. The van der Waals surface area contributed by atoms with E-state index in [1.807, 2.05) is 0 Å². The van der Waals surface area contributed by atoms with Gasteiger partial charge in [0, 0.05) is 25.7 Å². The van der Waals surface area contributed by atoms with Crippen LogP contribution >= 0.6 is 0 Å². The van der Waals surface area contributed by atoms with Crippen LogP contribution in [-0.2, 0) is 14.3 Å². The van der Waals surface area contributed by atoms with Gasteiger partial charge in [-0.25, -0.2) is 0 Å². The van der Waals surface area contributed by atoms with Crippen molar-refractivity contribution in [3.05, 3.63) is 0 Å². The van der Waals surface area contributed by atoms with E-state index in [0.29, 0.717) is 12.5 Å². The van der Waals surface area contributed by atoms with Gasteiger partial charge in [-0.15, -0.1) is 0 Å². The van der Waals surface area contributed by atoms with Crippen LogP contribution in [0.1, 0.15) is 25.7 Å². The predicted octanol–water partition coefficient (Wildman–Crippen LogP) is 1.05. The molecule has 0 spiro atoms. The Bertz CT molecular complexity index is 190. The molecule has 0 aromatic rings. The van der Waals surface area contributed by atoms with Gasteiger partial charge in [0.05, 0.1) is 7.11 Å². The van der Waals surface area contributed by atoms with Crippen LogP contribution in [0.3, 0.4) is 0 Å². The molecule has 1 rings (SSSR count). The monoisotopic (exact) mass is 215 g/mol. The number of nitrogens with zero attached hydrogens (tertiary/aromatic N) is 1. The highest BCUT2D eigenvalue weighted by atomic mass is 16.5. The SMILES string of the molecule is COC(=O)CCCN(C)C1CCOCC1. The van der Waals surface area contributed by atoms with E-state index in [0.717, 1.165) is 39.0 Å². The molecule has 0 aromatic heterocycles. The summed E-state index contributed by atoms with van der Waals surface area (Å²) < 4.78 is 9.91. The molecule has 0 aromatic carbocycles. The molecule has 0 radical (unpaired) electrons. The average molecular weight is 215 g/mol. The van der Waals surface area contributed by atoms with Crippen LogP contribution in [0.15, 0.2) is 0 Å². The van der Waals surface area contributed by atoms with Gasteiger partial charge in [0.2, 0.25) is 0 Å². The summed E-state index contributed by atoms with van der Waals surface area (Å²) in [5, 5.41) is 0. The molecule has 0 saturated carbocycles. The van der Waals surface area contributed by atoms with Crippen molar-refractivity contribution in [3.8, 4) is 0 Å². The Kier molecular flexibility index (Phi) is 5.65. The number of carbonyl (C=O) groups is 1. The van der Waals surface area contributed by atoms with Crippen LogP contribution in [0.2, 0.25) is 0 Å². The largest absolute Gasteiger partial charge is 0.469 e. The van der Waals surface area contributed by atoms with Gasteiger partial charge in [-0.05, 0) is 32.9 Å². The summed E-state index contributed by atoms with van der Waals surface area (Å²) in [7, 11) is 3.55. The second kappa shape index (κ2) is 6.80. The summed E-state index contributed by atoms with van der Waals surface area (Å²) in [5.74, 6) is -0.115. The number of carbonyl (C=O) groups excluding carboxylic acids is 1. The fourth-order valence-corrected chi connectivity index (χ4v) is 1.88. The van der Waals surface area contributed by atoms with Crippen molar-refractivity contribution in [2.24, 2.45) is 0 Å². The maximum absolute atomic E-state index is 10.9. The first-order valence-electron chi connectivity index (χ1n) is 5.59. The molecule has 4 heteroatoms. The fraction of sp³-hybridized carbons (Fsp3) is 0.909. The summed E-state index contributed by atoms with van der Waals surface area (Å²) in [4.78, 5) is 13.2. The zero-order valence-electron chi connectivity index (χ0n) is 9.70. The molecule has 0 bridgehead atoms. The van der Waals surface area contributed by atoms with Gasteiger partial charge in [-0.2, -0.15) is 0 Å². The lowest BCUT2D eigenvalue weighted by Gasteiger charge is -2.31. The van der Waals surface area contributed by atoms with Gasteiger partial charge < -0.3 is 14.4 Å². The fourth-order valence-electron chi connectivity index (χ4n) is 1.88. The molecule has 0 aliphatic carbocycles. The van der Waals surface area contributed by atoms with E-state index in [9.17, 15) is 4.79 Å². The molecule has 88 valence electrons. The maximum atomic E-state index is 10.9. The number of hydrogen-bond donors (Lipinski definition) is 0. The first-order chi connectivity index (χ1) is 7.24. The van der Waals surface area contributed by atoms with Crippen molar-refractivity contribution in [3.63, 3.8) is 0 Å². The van der Waals surface area contributed by atoms with Crippen LogP contribution < -0.4 is 0 Å². The van der Waals surface area contributed by atoms with Gasteiger partial charge in [0.1, 0.15) is 0 Å². The molecule has 15 heavy (non-hydrogen) atoms. The summed E-state index contributed by atoms with van der Waals surface area (Å²) in [6.45, 7) is 2.69. The second-order valence-electron chi connectivity index (χ2n) is 4.00. The van der Waals surface area contributed by atoms with Crippen LogP contribution in [0.4, 0.5) is 0 Å². The van der Waals surface area contributed by atoms with E-state index in [4.69, 9.17) is 4.74 Å². The molecule has 1 aliphatic heterocycles. The quantitative estimate of drug-likeness (QED) is 0.643. The van der Waals surface area contributed by atoms with Crippen LogP contribution in [0.5, 0.6) is 0 Å². The Hall–Kier alpha value is -0.610. The van der Waals surface area contributed by atoms with Gasteiger partial charge in [-0.1, -0.05) is 0 Å². The van der Waals surface area contributed by atoms with E-state index >= 15 is 0 Å². The third-order valence-corrected chi connectivity index (χ3v) is 2.93. The van der Waals surface area contributed by atoms with E-state index in [2.05, 4.69) is 16.7 Å². The molecule has 1 fully saturated rings. The topological polar surface area (TPSA) is 38.8 Å². The molecule has 1 saturated heterocycles. The summed E-state index contributed by atoms with van der Waals surface area (Å²) in [6, 6.07) is 0.622. The van der Waals surface area contributed by atoms with Crippen molar-refractivity contribution in [1.29, 1.82) is 0 Å². The lowest BCUT2D eigenvalue weighted by Crippen LogP contribution is -2.37. The lowest BCUT2D eigenvalue weighted by molar-refractivity contribution is -0.140. The number of methoxy groups -OCH3 is 1. The number of ether oxygens (including phenoxy) is 2. The van der Waals surface area contributed by atoms with Crippen LogP contribution in [0.25, 0.3) is 0 Å². The minimum atomic E-state index is -0.115. The molecule has 0 amide bonds. The first-order valence-corrected chi connectivity index (χ1v) is 5.59. The third-order valence-electron chi connectivity index (χ3n) is 2.93. The summed E-state index contributed by atoms with van der Waals surface area (Å²) in [6.07, 6.45) is 3.61. The Morgan fingerprint density at radius 2 is 2.13 bits per heavy atom. The zero-order chi connectivity index (χ0) is 11.1. The van der Waals surface area contributed by atoms with Crippen molar-refractivity contribution in [1.82, 2.24) is 4.90 Å². The highest BCUT2D eigenvalue weighted by Gasteiger charge is 2.17. The Balaban J connectivity index is 2.11. The molecule has 0 unspecified atom stereocenters. The van der Waals surface area contributed by atoms with Gasteiger partial charge in [0.15, 0.2) is 0 Å². The zero-order valence-corrected chi connectivity index (χ0v) is 9.70. The van der Waals surface area contributed by atoms with Gasteiger partial charge in [0.25, 0.3) is 0 Å². The molecule has 0 atom stereocenters. The molecule has 4 nitrogen and oxygen atoms in total. The van der Waals surface area contributed by atoms with Gasteiger partial charge >= 0.3 is 5.97 Å². The van der Waals surface area contributed by atoms with Crippen molar-refractivity contribution < 1.29 is 14.3 Å². The summed E-state index contributed by atoms with van der Waals surface area (Å²) in [5.41, 5.74) is 0. The van der Waals surface area contributed by atoms with Gasteiger partial charge in [-0.3, -0.25) is 4.79 Å².